The smallest absolute Gasteiger partial charge is 0.238 e. The summed E-state index contributed by atoms with van der Waals surface area (Å²) in [6.07, 6.45) is 1.78. The standard InChI is InChI=1S/C12H20N2O2S/c1-4-8-6(2)5-7(3)12(8)9(15)13-11(17)14-10(12)16/h6-8,11,17H,4-5H2,1-3H3,(H,13,15)(H,14,16). The molecule has 1 heterocycles. The van der Waals surface area contributed by atoms with Crippen molar-refractivity contribution >= 4 is 24.4 Å². The van der Waals surface area contributed by atoms with Gasteiger partial charge in [0, 0.05) is 0 Å². The first-order valence-electron chi connectivity index (χ1n) is 6.24. The van der Waals surface area contributed by atoms with Gasteiger partial charge in [-0.15, -0.1) is 12.6 Å². The van der Waals surface area contributed by atoms with Crippen LogP contribution in [0.25, 0.3) is 0 Å². The first kappa shape index (κ1) is 12.7. The Balaban J connectivity index is 2.44. The minimum atomic E-state index is -0.882. The predicted molar refractivity (Wildman–Crippen MR) is 68.2 cm³/mol. The summed E-state index contributed by atoms with van der Waals surface area (Å²) < 4.78 is 0. The first-order chi connectivity index (χ1) is 7.94. The van der Waals surface area contributed by atoms with Gasteiger partial charge in [0.05, 0.1) is 0 Å². The van der Waals surface area contributed by atoms with Crippen LogP contribution in [-0.4, -0.2) is 17.3 Å². The van der Waals surface area contributed by atoms with E-state index in [-0.39, 0.29) is 23.7 Å². The van der Waals surface area contributed by atoms with Crippen LogP contribution in [0.3, 0.4) is 0 Å². The second kappa shape index (κ2) is 4.19. The molecule has 1 aliphatic carbocycles. The third-order valence-electron chi connectivity index (χ3n) is 4.50. The molecular weight excluding hydrogens is 236 g/mol. The Morgan fingerprint density at radius 2 is 1.82 bits per heavy atom. The van der Waals surface area contributed by atoms with Crippen LogP contribution in [0.4, 0.5) is 0 Å². The molecule has 5 heteroatoms. The molecule has 2 fully saturated rings. The van der Waals surface area contributed by atoms with E-state index in [0.717, 1.165) is 12.8 Å². The molecule has 0 aromatic carbocycles. The minimum Gasteiger partial charge on any atom is -0.327 e. The molecule has 0 bridgehead atoms. The highest BCUT2D eigenvalue weighted by Gasteiger charge is 2.62. The van der Waals surface area contributed by atoms with Crippen LogP contribution in [0.1, 0.15) is 33.6 Å². The van der Waals surface area contributed by atoms with E-state index in [2.05, 4.69) is 30.2 Å². The highest BCUT2D eigenvalue weighted by Crippen LogP contribution is 2.53. The van der Waals surface area contributed by atoms with Gasteiger partial charge in [-0.25, -0.2) is 0 Å². The van der Waals surface area contributed by atoms with Gasteiger partial charge >= 0.3 is 0 Å². The number of rotatable bonds is 1. The van der Waals surface area contributed by atoms with Crippen molar-refractivity contribution in [1.82, 2.24) is 10.6 Å². The zero-order valence-corrected chi connectivity index (χ0v) is 11.4. The fourth-order valence-corrected chi connectivity index (χ4v) is 4.09. The van der Waals surface area contributed by atoms with Crippen molar-refractivity contribution in [2.45, 2.75) is 39.1 Å². The van der Waals surface area contributed by atoms with E-state index in [1.807, 2.05) is 13.8 Å². The van der Waals surface area contributed by atoms with Crippen molar-refractivity contribution in [3.63, 3.8) is 0 Å². The highest BCUT2D eigenvalue weighted by molar-refractivity contribution is 7.80. The molecule has 1 saturated heterocycles. The molecule has 2 amide bonds. The molecule has 1 spiro atoms. The normalized spacial score (nSPS) is 45.9. The molecule has 3 atom stereocenters. The maximum absolute atomic E-state index is 12.3. The van der Waals surface area contributed by atoms with E-state index in [9.17, 15) is 9.59 Å². The molecule has 17 heavy (non-hydrogen) atoms. The number of thiol groups is 1. The van der Waals surface area contributed by atoms with Crippen LogP contribution < -0.4 is 10.6 Å². The third-order valence-corrected chi connectivity index (χ3v) is 4.76. The summed E-state index contributed by atoms with van der Waals surface area (Å²) in [4.78, 5) is 24.7. The Morgan fingerprint density at radius 3 is 2.29 bits per heavy atom. The van der Waals surface area contributed by atoms with Gasteiger partial charge in [-0.05, 0) is 24.2 Å². The summed E-state index contributed by atoms with van der Waals surface area (Å²) in [5, 5.41) is 5.50. The maximum atomic E-state index is 12.3. The summed E-state index contributed by atoms with van der Waals surface area (Å²) in [6, 6.07) is 0. The molecule has 4 nitrogen and oxygen atoms in total. The molecule has 2 N–H and O–H groups in total. The van der Waals surface area contributed by atoms with E-state index in [1.54, 1.807) is 0 Å². The molecule has 96 valence electrons. The monoisotopic (exact) mass is 256 g/mol. The highest BCUT2D eigenvalue weighted by atomic mass is 32.1. The fourth-order valence-electron chi connectivity index (χ4n) is 3.86. The Hall–Kier alpha value is -0.710. The number of amides is 2. The Bertz CT molecular complexity index is 340. The fraction of sp³-hybridized carbons (Fsp3) is 0.833. The van der Waals surface area contributed by atoms with Crippen LogP contribution in [0.5, 0.6) is 0 Å². The van der Waals surface area contributed by atoms with Crippen molar-refractivity contribution in [3.8, 4) is 0 Å². The van der Waals surface area contributed by atoms with Crippen LogP contribution in [0.2, 0.25) is 0 Å². The summed E-state index contributed by atoms with van der Waals surface area (Å²) in [5.74, 6) is 0.319. The zero-order chi connectivity index (χ0) is 12.8. The topological polar surface area (TPSA) is 58.2 Å². The van der Waals surface area contributed by atoms with E-state index in [1.165, 1.54) is 0 Å². The number of hydrogen-bond donors (Lipinski definition) is 3. The van der Waals surface area contributed by atoms with Crippen LogP contribution in [0.15, 0.2) is 0 Å². The second-order valence-corrected chi connectivity index (χ2v) is 5.86. The number of hydrogen-bond acceptors (Lipinski definition) is 3. The van der Waals surface area contributed by atoms with E-state index < -0.39 is 10.9 Å². The summed E-state index contributed by atoms with van der Waals surface area (Å²) in [5.41, 5.74) is -1.44. The maximum Gasteiger partial charge on any atom is 0.238 e. The van der Waals surface area contributed by atoms with Gasteiger partial charge in [0.2, 0.25) is 11.8 Å². The molecule has 0 aromatic rings. The molecular formula is C12H20N2O2S. The van der Waals surface area contributed by atoms with Crippen molar-refractivity contribution < 1.29 is 9.59 Å². The molecule has 3 unspecified atom stereocenters. The van der Waals surface area contributed by atoms with Gasteiger partial charge in [0.15, 0.2) is 0 Å². The lowest BCUT2D eigenvalue weighted by molar-refractivity contribution is -0.154. The van der Waals surface area contributed by atoms with Gasteiger partial charge in [-0.3, -0.25) is 9.59 Å². The van der Waals surface area contributed by atoms with Gasteiger partial charge in [-0.1, -0.05) is 27.2 Å². The molecule has 0 radical (unpaired) electrons. The van der Waals surface area contributed by atoms with E-state index in [0.29, 0.717) is 5.92 Å². The summed E-state index contributed by atoms with van der Waals surface area (Å²) in [6.45, 7) is 6.19. The molecule has 2 rings (SSSR count). The average molecular weight is 256 g/mol. The molecule has 0 aromatic heterocycles. The van der Waals surface area contributed by atoms with Crippen molar-refractivity contribution in [2.24, 2.45) is 23.2 Å². The van der Waals surface area contributed by atoms with E-state index >= 15 is 0 Å². The van der Waals surface area contributed by atoms with Crippen molar-refractivity contribution in [2.75, 3.05) is 0 Å². The second-order valence-electron chi connectivity index (χ2n) is 5.35. The van der Waals surface area contributed by atoms with Gasteiger partial charge in [-0.2, -0.15) is 0 Å². The first-order valence-corrected chi connectivity index (χ1v) is 6.76. The number of nitrogens with one attached hydrogen (secondary N) is 2. The summed E-state index contributed by atoms with van der Waals surface area (Å²) in [7, 11) is 0. The van der Waals surface area contributed by atoms with Crippen LogP contribution in [0, 0.1) is 23.2 Å². The zero-order valence-electron chi connectivity index (χ0n) is 10.5. The molecule has 1 aliphatic heterocycles. The lowest BCUT2D eigenvalue weighted by Crippen LogP contribution is -2.66. The van der Waals surface area contributed by atoms with Crippen LogP contribution in [-0.2, 0) is 9.59 Å². The number of carbonyl (C=O) groups excluding carboxylic acids is 2. The van der Waals surface area contributed by atoms with Crippen molar-refractivity contribution in [1.29, 1.82) is 0 Å². The predicted octanol–water partition coefficient (Wildman–Crippen LogP) is 1.13. The lowest BCUT2D eigenvalue weighted by Gasteiger charge is -2.41. The van der Waals surface area contributed by atoms with Gasteiger partial charge in [0.1, 0.15) is 10.9 Å². The number of carbonyl (C=O) groups is 2. The van der Waals surface area contributed by atoms with Crippen molar-refractivity contribution in [3.05, 3.63) is 0 Å². The molecule has 2 aliphatic rings. The lowest BCUT2D eigenvalue weighted by atomic mass is 9.68. The van der Waals surface area contributed by atoms with E-state index in [4.69, 9.17) is 0 Å². The Kier molecular flexibility index (Phi) is 3.14. The quantitative estimate of drug-likeness (QED) is 0.486. The SMILES string of the molecule is CCC1C(C)CC(C)C12C(=O)NC(S)NC2=O. The molecule has 1 saturated carbocycles. The van der Waals surface area contributed by atoms with Gasteiger partial charge < -0.3 is 10.6 Å². The largest absolute Gasteiger partial charge is 0.327 e. The summed E-state index contributed by atoms with van der Waals surface area (Å²) >= 11 is 4.10. The van der Waals surface area contributed by atoms with Crippen LogP contribution >= 0.6 is 12.6 Å². The minimum absolute atomic E-state index is 0.0864. The Morgan fingerprint density at radius 1 is 1.29 bits per heavy atom. The van der Waals surface area contributed by atoms with Gasteiger partial charge in [0.25, 0.3) is 0 Å². The average Bonchev–Trinajstić information content (AvgIpc) is 2.47. The Labute approximate surface area is 107 Å². The third kappa shape index (κ3) is 1.58.